The normalized spacial score (nSPS) is 10.8. The second-order valence-corrected chi connectivity index (χ2v) is 4.03. The molecule has 0 N–H and O–H groups in total. The molecule has 0 bridgehead atoms. The van der Waals surface area contributed by atoms with Crippen molar-refractivity contribution in [2.75, 3.05) is 0 Å². The van der Waals surface area contributed by atoms with E-state index in [0.717, 1.165) is 6.20 Å². The van der Waals surface area contributed by atoms with E-state index in [1.165, 1.54) is 22.6 Å². The summed E-state index contributed by atoms with van der Waals surface area (Å²) in [4.78, 5) is 13.3. The molecule has 96 valence electrons. The first-order valence-electron chi connectivity index (χ1n) is 4.20. The highest BCUT2D eigenvalue weighted by atomic mass is 127. The molecule has 0 aliphatic heterocycles. The molecule has 1 aromatic rings. The second kappa shape index (κ2) is 5.34. The van der Waals surface area contributed by atoms with Crippen LogP contribution in [0, 0.1) is 25.0 Å². The molecule has 0 unspecified atom stereocenters. The van der Waals surface area contributed by atoms with Crippen molar-refractivity contribution in [3.05, 3.63) is 25.6 Å². The van der Waals surface area contributed by atoms with Gasteiger partial charge in [0.1, 0.15) is 5.69 Å². The molecule has 0 amide bonds. The van der Waals surface area contributed by atoms with Gasteiger partial charge in [0, 0.05) is 6.20 Å². The number of aromatic nitrogens is 1. The standard InChI is InChI=1S/C8H3F3IN3O3/c9-8(10,11)18-7-4(12)3-14-5(1-2-13)6(7)15(16)17/h3H,1H2. The molecule has 0 fully saturated rings. The highest BCUT2D eigenvalue weighted by Gasteiger charge is 2.37. The average molecular weight is 373 g/mol. The van der Waals surface area contributed by atoms with E-state index in [1.54, 1.807) is 6.07 Å². The Morgan fingerprint density at radius 3 is 2.67 bits per heavy atom. The molecule has 0 saturated heterocycles. The van der Waals surface area contributed by atoms with Crippen LogP contribution in [0.4, 0.5) is 18.9 Å². The zero-order valence-electron chi connectivity index (χ0n) is 8.36. The van der Waals surface area contributed by atoms with Crippen LogP contribution in [0.25, 0.3) is 0 Å². The van der Waals surface area contributed by atoms with Crippen LogP contribution < -0.4 is 4.74 Å². The molecular formula is C8H3F3IN3O3. The van der Waals surface area contributed by atoms with E-state index in [9.17, 15) is 23.3 Å². The molecule has 0 aromatic carbocycles. The Bertz CT molecular complexity index is 527. The summed E-state index contributed by atoms with van der Waals surface area (Å²) in [6.07, 6.45) is -4.57. The quantitative estimate of drug-likeness (QED) is 0.462. The first-order chi connectivity index (χ1) is 8.26. The summed E-state index contributed by atoms with van der Waals surface area (Å²) in [5.74, 6) is -0.951. The summed E-state index contributed by atoms with van der Waals surface area (Å²) in [7, 11) is 0. The molecule has 0 saturated carbocycles. The molecule has 1 rings (SSSR count). The van der Waals surface area contributed by atoms with Crippen molar-refractivity contribution in [2.45, 2.75) is 12.8 Å². The lowest BCUT2D eigenvalue weighted by Gasteiger charge is -2.11. The number of nitrogens with zero attached hydrogens (tertiary/aromatic N) is 3. The van der Waals surface area contributed by atoms with E-state index >= 15 is 0 Å². The van der Waals surface area contributed by atoms with E-state index in [4.69, 9.17) is 5.26 Å². The number of nitriles is 1. The number of alkyl halides is 3. The smallest absolute Gasteiger partial charge is 0.397 e. The molecule has 1 aromatic heterocycles. The van der Waals surface area contributed by atoms with Gasteiger partial charge in [0.25, 0.3) is 0 Å². The molecule has 1 heterocycles. The summed E-state index contributed by atoms with van der Waals surface area (Å²) in [5.41, 5.74) is -1.32. The van der Waals surface area contributed by atoms with Gasteiger partial charge in [-0.1, -0.05) is 0 Å². The number of nitro groups is 1. The largest absolute Gasteiger partial charge is 0.573 e. The lowest BCUT2D eigenvalue weighted by atomic mass is 10.2. The lowest BCUT2D eigenvalue weighted by Crippen LogP contribution is -2.19. The third-order valence-corrected chi connectivity index (χ3v) is 2.45. The summed E-state index contributed by atoms with van der Waals surface area (Å²) in [5, 5.41) is 19.2. The van der Waals surface area contributed by atoms with E-state index in [-0.39, 0.29) is 9.26 Å². The molecule has 6 nitrogen and oxygen atoms in total. The maximum atomic E-state index is 12.1. The van der Waals surface area contributed by atoms with Gasteiger partial charge in [0.15, 0.2) is 0 Å². The number of halogens is 4. The number of pyridine rings is 1. The molecule has 0 atom stereocenters. The van der Waals surface area contributed by atoms with Gasteiger partial charge >= 0.3 is 12.0 Å². The Morgan fingerprint density at radius 2 is 2.22 bits per heavy atom. The van der Waals surface area contributed by atoms with Crippen LogP contribution in [0.5, 0.6) is 5.75 Å². The van der Waals surface area contributed by atoms with Crippen molar-refractivity contribution >= 4 is 28.3 Å². The minimum absolute atomic E-state index is 0.168. The van der Waals surface area contributed by atoms with Crippen LogP contribution in [-0.2, 0) is 6.42 Å². The molecule has 0 aliphatic rings. The number of hydrogen-bond acceptors (Lipinski definition) is 5. The van der Waals surface area contributed by atoms with Crippen LogP contribution in [0.3, 0.4) is 0 Å². The molecule has 18 heavy (non-hydrogen) atoms. The van der Waals surface area contributed by atoms with E-state index in [2.05, 4.69) is 9.72 Å². The zero-order chi connectivity index (χ0) is 13.9. The molecule has 10 heteroatoms. The Morgan fingerprint density at radius 1 is 1.61 bits per heavy atom. The van der Waals surface area contributed by atoms with Gasteiger partial charge in [0.05, 0.1) is 21.0 Å². The fourth-order valence-corrected chi connectivity index (χ4v) is 1.61. The van der Waals surface area contributed by atoms with Crippen molar-refractivity contribution in [1.82, 2.24) is 4.98 Å². The Labute approximate surface area is 112 Å². The van der Waals surface area contributed by atoms with Crippen LogP contribution in [0.2, 0.25) is 0 Å². The minimum atomic E-state index is -5.06. The first kappa shape index (κ1) is 14.4. The molecule has 0 spiro atoms. The first-order valence-corrected chi connectivity index (χ1v) is 5.28. The van der Waals surface area contributed by atoms with Gasteiger partial charge in [-0.2, -0.15) is 5.26 Å². The fraction of sp³-hybridized carbons (Fsp3) is 0.250. The van der Waals surface area contributed by atoms with Gasteiger partial charge in [-0.25, -0.2) is 0 Å². The predicted octanol–water partition coefficient (Wildman–Crippen LogP) is 2.56. The summed E-state index contributed by atoms with van der Waals surface area (Å²) >= 11 is 1.43. The Balaban J connectivity index is 3.42. The summed E-state index contributed by atoms with van der Waals surface area (Å²) in [6, 6.07) is 1.58. The van der Waals surface area contributed by atoms with E-state index in [0.29, 0.717) is 0 Å². The number of rotatable bonds is 3. The Kier molecular flexibility index (Phi) is 4.28. The van der Waals surface area contributed by atoms with Gasteiger partial charge in [-0.15, -0.1) is 13.2 Å². The third kappa shape index (κ3) is 3.42. The number of ether oxygens (including phenoxy) is 1. The van der Waals surface area contributed by atoms with Gasteiger partial charge < -0.3 is 4.74 Å². The monoisotopic (exact) mass is 373 g/mol. The van der Waals surface area contributed by atoms with Crippen LogP contribution >= 0.6 is 22.6 Å². The second-order valence-electron chi connectivity index (χ2n) is 2.87. The minimum Gasteiger partial charge on any atom is -0.397 e. The predicted molar refractivity (Wildman–Crippen MR) is 59.6 cm³/mol. The van der Waals surface area contributed by atoms with Gasteiger partial charge in [0.2, 0.25) is 5.75 Å². The zero-order valence-corrected chi connectivity index (χ0v) is 10.5. The average Bonchev–Trinajstić information content (AvgIpc) is 2.21. The maximum absolute atomic E-state index is 12.1. The van der Waals surface area contributed by atoms with E-state index < -0.39 is 29.1 Å². The van der Waals surface area contributed by atoms with E-state index in [1.807, 2.05) is 0 Å². The van der Waals surface area contributed by atoms with Crippen molar-refractivity contribution in [3.63, 3.8) is 0 Å². The summed E-state index contributed by atoms with van der Waals surface area (Å²) in [6.45, 7) is 0. The van der Waals surface area contributed by atoms with Gasteiger partial charge in [-0.3, -0.25) is 15.1 Å². The fourth-order valence-electron chi connectivity index (χ4n) is 1.10. The SMILES string of the molecule is N#CCc1ncc(I)c(OC(F)(F)F)c1[N+](=O)[O-]. The highest BCUT2D eigenvalue weighted by molar-refractivity contribution is 14.1. The van der Waals surface area contributed by atoms with Crippen LogP contribution in [0.1, 0.15) is 5.69 Å². The highest BCUT2D eigenvalue weighted by Crippen LogP contribution is 2.37. The van der Waals surface area contributed by atoms with Crippen LogP contribution in [0.15, 0.2) is 6.20 Å². The molecule has 0 aliphatic carbocycles. The maximum Gasteiger partial charge on any atom is 0.573 e. The molecular weight excluding hydrogens is 370 g/mol. The topological polar surface area (TPSA) is 89.0 Å². The Hall–Kier alpha value is -1.64. The summed E-state index contributed by atoms with van der Waals surface area (Å²) < 4.78 is 39.9. The van der Waals surface area contributed by atoms with Crippen molar-refractivity contribution in [1.29, 1.82) is 5.26 Å². The van der Waals surface area contributed by atoms with Crippen molar-refractivity contribution in [3.8, 4) is 11.8 Å². The van der Waals surface area contributed by atoms with Crippen molar-refractivity contribution < 1.29 is 22.8 Å². The number of hydrogen-bond donors (Lipinski definition) is 0. The molecule has 0 radical (unpaired) electrons. The third-order valence-electron chi connectivity index (χ3n) is 1.69. The van der Waals surface area contributed by atoms with Gasteiger partial charge in [-0.05, 0) is 22.6 Å². The lowest BCUT2D eigenvalue weighted by molar-refractivity contribution is -0.389. The van der Waals surface area contributed by atoms with Crippen LogP contribution in [-0.4, -0.2) is 16.3 Å². The van der Waals surface area contributed by atoms with Crippen molar-refractivity contribution in [2.24, 2.45) is 0 Å².